The van der Waals surface area contributed by atoms with Crippen molar-refractivity contribution in [2.75, 3.05) is 45.0 Å². The first-order valence-electron chi connectivity index (χ1n) is 10.3. The fourth-order valence-electron chi connectivity index (χ4n) is 3.92. The monoisotopic (exact) mass is 420 g/mol. The average molecular weight is 420 g/mol. The van der Waals surface area contributed by atoms with Gasteiger partial charge in [0, 0.05) is 44.4 Å². The van der Waals surface area contributed by atoms with Crippen LogP contribution in [0.2, 0.25) is 0 Å². The van der Waals surface area contributed by atoms with Gasteiger partial charge in [-0.05, 0) is 42.0 Å². The van der Waals surface area contributed by atoms with E-state index in [9.17, 15) is 4.79 Å². The van der Waals surface area contributed by atoms with Gasteiger partial charge in [0.1, 0.15) is 5.75 Å². The van der Waals surface area contributed by atoms with Crippen molar-refractivity contribution in [3.8, 4) is 28.5 Å². The van der Waals surface area contributed by atoms with Crippen molar-refractivity contribution in [1.82, 2.24) is 14.9 Å². The van der Waals surface area contributed by atoms with Crippen molar-refractivity contribution in [2.45, 2.75) is 6.54 Å². The molecule has 3 aromatic rings. The van der Waals surface area contributed by atoms with Crippen molar-refractivity contribution < 1.29 is 14.2 Å². The first-order valence-corrected chi connectivity index (χ1v) is 10.3. The molecule has 8 nitrogen and oxygen atoms in total. The number of anilines is 1. The minimum absolute atomic E-state index is 0.154. The molecule has 0 amide bonds. The van der Waals surface area contributed by atoms with Crippen LogP contribution in [0.5, 0.6) is 17.2 Å². The van der Waals surface area contributed by atoms with Crippen molar-refractivity contribution in [1.29, 1.82) is 0 Å². The van der Waals surface area contributed by atoms with E-state index in [1.54, 1.807) is 7.11 Å². The fourth-order valence-corrected chi connectivity index (χ4v) is 3.92. The summed E-state index contributed by atoms with van der Waals surface area (Å²) in [6, 6.07) is 15.2. The summed E-state index contributed by atoms with van der Waals surface area (Å²) in [4.78, 5) is 24.4. The maximum atomic E-state index is 12.3. The summed E-state index contributed by atoms with van der Waals surface area (Å²) in [6.07, 6.45) is 0. The van der Waals surface area contributed by atoms with Gasteiger partial charge in [0.05, 0.1) is 12.8 Å². The molecular weight excluding hydrogens is 396 g/mol. The summed E-state index contributed by atoms with van der Waals surface area (Å²) in [7, 11) is 1.63. The van der Waals surface area contributed by atoms with E-state index >= 15 is 0 Å². The number of benzene rings is 2. The highest BCUT2D eigenvalue weighted by Gasteiger charge is 2.21. The van der Waals surface area contributed by atoms with Crippen LogP contribution in [0.1, 0.15) is 5.56 Å². The topological polar surface area (TPSA) is 79.9 Å². The predicted octanol–water partition coefficient (Wildman–Crippen LogP) is 2.50. The van der Waals surface area contributed by atoms with Gasteiger partial charge in [-0.25, -0.2) is 4.98 Å². The van der Waals surface area contributed by atoms with Crippen LogP contribution >= 0.6 is 0 Å². The molecule has 1 aromatic heterocycles. The van der Waals surface area contributed by atoms with E-state index in [0.29, 0.717) is 11.6 Å². The predicted molar refractivity (Wildman–Crippen MR) is 117 cm³/mol. The van der Waals surface area contributed by atoms with E-state index in [4.69, 9.17) is 19.2 Å². The number of nitrogens with zero attached hydrogens (tertiary/aromatic N) is 3. The highest BCUT2D eigenvalue weighted by Crippen LogP contribution is 2.33. The zero-order valence-corrected chi connectivity index (χ0v) is 17.3. The number of hydrogen-bond donors (Lipinski definition) is 1. The summed E-state index contributed by atoms with van der Waals surface area (Å²) in [5.74, 6) is 3.00. The van der Waals surface area contributed by atoms with Crippen LogP contribution in [-0.4, -0.2) is 54.9 Å². The summed E-state index contributed by atoms with van der Waals surface area (Å²) >= 11 is 0. The Morgan fingerprint density at radius 1 is 1.00 bits per heavy atom. The lowest BCUT2D eigenvalue weighted by atomic mass is 10.1. The molecule has 2 aromatic carbocycles. The molecule has 0 bridgehead atoms. The summed E-state index contributed by atoms with van der Waals surface area (Å²) < 4.78 is 16.1. The third kappa shape index (κ3) is 4.20. The van der Waals surface area contributed by atoms with Crippen molar-refractivity contribution in [3.05, 3.63) is 64.4 Å². The second kappa shape index (κ2) is 8.31. The summed E-state index contributed by atoms with van der Waals surface area (Å²) in [5, 5.41) is 0. The molecule has 8 heteroatoms. The Morgan fingerprint density at radius 2 is 1.77 bits per heavy atom. The van der Waals surface area contributed by atoms with Crippen LogP contribution in [0.15, 0.2) is 53.3 Å². The summed E-state index contributed by atoms with van der Waals surface area (Å²) in [6.45, 7) is 4.48. The first kappa shape index (κ1) is 19.4. The van der Waals surface area contributed by atoms with Crippen LogP contribution in [0, 0.1) is 0 Å². The highest BCUT2D eigenvalue weighted by molar-refractivity contribution is 5.61. The lowest BCUT2D eigenvalue weighted by molar-refractivity contribution is 0.174. The van der Waals surface area contributed by atoms with Gasteiger partial charge in [0.15, 0.2) is 11.5 Å². The number of aromatic nitrogens is 2. The Kier molecular flexibility index (Phi) is 5.21. The quantitative estimate of drug-likeness (QED) is 0.679. The van der Waals surface area contributed by atoms with E-state index in [1.807, 2.05) is 36.4 Å². The molecule has 2 aliphatic heterocycles. The molecule has 0 radical (unpaired) electrons. The molecule has 31 heavy (non-hydrogen) atoms. The normalized spacial score (nSPS) is 15.8. The number of methoxy groups -OCH3 is 1. The Morgan fingerprint density at radius 3 is 2.55 bits per heavy atom. The van der Waals surface area contributed by atoms with E-state index in [2.05, 4.69) is 20.9 Å². The average Bonchev–Trinajstić information content (AvgIpc) is 3.27. The van der Waals surface area contributed by atoms with Crippen LogP contribution in [0.25, 0.3) is 11.3 Å². The second-order valence-electron chi connectivity index (χ2n) is 7.63. The van der Waals surface area contributed by atoms with Crippen LogP contribution in [0.3, 0.4) is 0 Å². The number of fused-ring (bicyclic) bond motifs is 1. The van der Waals surface area contributed by atoms with E-state index in [-0.39, 0.29) is 12.4 Å². The lowest BCUT2D eigenvalue weighted by Gasteiger charge is -2.35. The van der Waals surface area contributed by atoms with Gasteiger partial charge in [-0.15, -0.1) is 0 Å². The smallest absolute Gasteiger partial charge is 0.252 e. The summed E-state index contributed by atoms with van der Waals surface area (Å²) in [5.41, 5.74) is 2.59. The van der Waals surface area contributed by atoms with Gasteiger partial charge < -0.3 is 19.1 Å². The van der Waals surface area contributed by atoms with Gasteiger partial charge in [-0.3, -0.25) is 14.7 Å². The molecule has 3 heterocycles. The number of nitrogens with one attached hydrogen (secondary N) is 1. The maximum absolute atomic E-state index is 12.3. The molecule has 0 aliphatic carbocycles. The number of piperazine rings is 1. The number of H-pyrrole nitrogens is 1. The van der Waals surface area contributed by atoms with Gasteiger partial charge >= 0.3 is 0 Å². The molecule has 2 aliphatic rings. The molecule has 1 saturated heterocycles. The molecule has 0 atom stereocenters. The van der Waals surface area contributed by atoms with Crippen molar-refractivity contribution in [3.63, 3.8) is 0 Å². The van der Waals surface area contributed by atoms with Gasteiger partial charge in [0.25, 0.3) is 5.56 Å². The molecule has 0 unspecified atom stereocenters. The molecule has 1 fully saturated rings. The first-order chi connectivity index (χ1) is 15.2. The van der Waals surface area contributed by atoms with Gasteiger partial charge in [-0.1, -0.05) is 6.07 Å². The second-order valence-corrected chi connectivity index (χ2v) is 7.63. The minimum atomic E-state index is -0.154. The van der Waals surface area contributed by atoms with E-state index in [0.717, 1.165) is 55.5 Å². The van der Waals surface area contributed by atoms with E-state index in [1.165, 1.54) is 11.6 Å². The van der Waals surface area contributed by atoms with E-state index < -0.39 is 0 Å². The van der Waals surface area contributed by atoms with Crippen LogP contribution in [-0.2, 0) is 6.54 Å². The number of hydrogen-bond acceptors (Lipinski definition) is 7. The standard InChI is InChI=1S/C23H24N4O4/c1-29-18-5-3-17(4-6-18)19-13-22(28)25-23(24-19)27-10-8-26(9-11-27)14-16-2-7-20-21(12-16)31-15-30-20/h2-7,12-13H,8-11,14-15H2,1H3,(H,24,25,28). The third-order valence-corrected chi connectivity index (χ3v) is 5.63. The molecule has 160 valence electrons. The fraction of sp³-hybridized carbons (Fsp3) is 0.304. The Hall–Kier alpha value is -3.52. The zero-order chi connectivity index (χ0) is 21.2. The Labute approximate surface area is 180 Å². The number of aromatic amines is 1. The van der Waals surface area contributed by atoms with Crippen molar-refractivity contribution >= 4 is 5.95 Å². The minimum Gasteiger partial charge on any atom is -0.497 e. The highest BCUT2D eigenvalue weighted by atomic mass is 16.7. The molecular formula is C23H24N4O4. The Balaban J connectivity index is 1.26. The van der Waals surface area contributed by atoms with Crippen LogP contribution in [0.4, 0.5) is 5.95 Å². The zero-order valence-electron chi connectivity index (χ0n) is 17.3. The van der Waals surface area contributed by atoms with Gasteiger partial charge in [-0.2, -0.15) is 0 Å². The Bertz CT molecular complexity index is 1120. The maximum Gasteiger partial charge on any atom is 0.252 e. The molecule has 5 rings (SSSR count). The number of ether oxygens (including phenoxy) is 3. The van der Waals surface area contributed by atoms with Crippen LogP contribution < -0.4 is 24.7 Å². The molecule has 0 spiro atoms. The largest absolute Gasteiger partial charge is 0.497 e. The lowest BCUT2D eigenvalue weighted by Crippen LogP contribution is -2.47. The van der Waals surface area contributed by atoms with Gasteiger partial charge in [0.2, 0.25) is 12.7 Å². The molecule has 1 N–H and O–H groups in total. The SMILES string of the molecule is COc1ccc(-c2cc(=O)[nH]c(N3CCN(Cc4ccc5c(c4)OCO5)CC3)n2)cc1. The third-order valence-electron chi connectivity index (χ3n) is 5.63. The van der Waals surface area contributed by atoms with Crippen molar-refractivity contribution in [2.24, 2.45) is 0 Å². The molecule has 0 saturated carbocycles. The number of rotatable bonds is 5.